The molecular weight excluding hydrogens is 497 g/mol. The molecule has 4 aromatic carbocycles. The van der Waals surface area contributed by atoms with Gasteiger partial charge in [-0.1, -0.05) is 60.7 Å². The van der Waals surface area contributed by atoms with E-state index in [4.69, 9.17) is 4.74 Å². The topological polar surface area (TPSA) is 82.3 Å². The monoisotopic (exact) mass is 523 g/mol. The van der Waals surface area contributed by atoms with Gasteiger partial charge >= 0.3 is 5.69 Å². The SMILES string of the molecule is COc1ccccc1CNC(=O)c1ccc(Cn2c(=O)c3ccccc3n(Cc3ccccc3F)c2=O)cc1. The van der Waals surface area contributed by atoms with Crippen LogP contribution in [0.5, 0.6) is 5.75 Å². The van der Waals surface area contributed by atoms with E-state index in [2.05, 4.69) is 5.32 Å². The van der Waals surface area contributed by atoms with Gasteiger partial charge in [0.25, 0.3) is 11.5 Å². The highest BCUT2D eigenvalue weighted by Gasteiger charge is 2.15. The smallest absolute Gasteiger partial charge is 0.332 e. The first-order valence-corrected chi connectivity index (χ1v) is 12.4. The summed E-state index contributed by atoms with van der Waals surface area (Å²) in [6.07, 6.45) is 0. The van der Waals surface area contributed by atoms with Crippen LogP contribution in [0.25, 0.3) is 10.9 Å². The fourth-order valence-corrected chi connectivity index (χ4v) is 4.53. The molecule has 0 bridgehead atoms. The van der Waals surface area contributed by atoms with Crippen molar-refractivity contribution in [2.24, 2.45) is 0 Å². The van der Waals surface area contributed by atoms with Gasteiger partial charge in [-0.05, 0) is 42.0 Å². The number of aromatic nitrogens is 2. The summed E-state index contributed by atoms with van der Waals surface area (Å²) in [5.74, 6) is 0.00279. The van der Waals surface area contributed by atoms with Crippen LogP contribution in [0.1, 0.15) is 27.0 Å². The van der Waals surface area contributed by atoms with Crippen LogP contribution in [-0.4, -0.2) is 22.2 Å². The Morgan fingerprint density at radius 2 is 1.46 bits per heavy atom. The van der Waals surface area contributed by atoms with E-state index in [1.165, 1.54) is 10.6 Å². The molecule has 5 aromatic rings. The number of nitrogens with one attached hydrogen (secondary N) is 1. The molecule has 0 saturated heterocycles. The first-order chi connectivity index (χ1) is 19.0. The van der Waals surface area contributed by atoms with Gasteiger partial charge in [0.1, 0.15) is 11.6 Å². The minimum atomic E-state index is -0.541. The number of ether oxygens (including phenoxy) is 1. The van der Waals surface area contributed by atoms with E-state index in [0.29, 0.717) is 39.9 Å². The largest absolute Gasteiger partial charge is 0.496 e. The summed E-state index contributed by atoms with van der Waals surface area (Å²) in [6, 6.07) is 27.2. The van der Waals surface area contributed by atoms with E-state index in [1.807, 2.05) is 24.3 Å². The van der Waals surface area contributed by atoms with Crippen LogP contribution in [0.2, 0.25) is 0 Å². The van der Waals surface area contributed by atoms with Crippen molar-refractivity contribution in [3.8, 4) is 5.75 Å². The predicted molar refractivity (Wildman–Crippen MR) is 148 cm³/mol. The highest BCUT2D eigenvalue weighted by molar-refractivity contribution is 5.94. The molecule has 196 valence electrons. The lowest BCUT2D eigenvalue weighted by molar-refractivity contribution is 0.0950. The number of amides is 1. The van der Waals surface area contributed by atoms with Crippen LogP contribution >= 0.6 is 0 Å². The van der Waals surface area contributed by atoms with Crippen molar-refractivity contribution in [3.05, 3.63) is 146 Å². The molecule has 39 heavy (non-hydrogen) atoms. The molecule has 7 nitrogen and oxygen atoms in total. The van der Waals surface area contributed by atoms with Crippen LogP contribution in [0.4, 0.5) is 4.39 Å². The second-order valence-electron chi connectivity index (χ2n) is 9.06. The maximum atomic E-state index is 14.4. The Labute approximate surface area is 223 Å². The molecule has 0 unspecified atom stereocenters. The lowest BCUT2D eigenvalue weighted by Gasteiger charge is -2.15. The van der Waals surface area contributed by atoms with Gasteiger partial charge < -0.3 is 10.1 Å². The molecule has 1 amide bonds. The highest BCUT2D eigenvalue weighted by atomic mass is 19.1. The molecule has 0 aliphatic heterocycles. The van der Waals surface area contributed by atoms with E-state index in [-0.39, 0.29) is 19.0 Å². The van der Waals surface area contributed by atoms with Crippen molar-refractivity contribution in [1.29, 1.82) is 0 Å². The quantitative estimate of drug-likeness (QED) is 0.328. The summed E-state index contributed by atoms with van der Waals surface area (Å²) in [5, 5.41) is 3.24. The van der Waals surface area contributed by atoms with Gasteiger partial charge in [0.2, 0.25) is 0 Å². The van der Waals surface area contributed by atoms with Crippen molar-refractivity contribution in [2.75, 3.05) is 7.11 Å². The Hall–Kier alpha value is -4.98. The van der Waals surface area contributed by atoms with Crippen LogP contribution in [-0.2, 0) is 19.6 Å². The predicted octanol–water partition coefficient (Wildman–Crippen LogP) is 4.34. The van der Waals surface area contributed by atoms with Gasteiger partial charge in [-0.2, -0.15) is 0 Å². The number of halogens is 1. The van der Waals surface area contributed by atoms with E-state index in [0.717, 1.165) is 10.1 Å². The minimum Gasteiger partial charge on any atom is -0.496 e. The summed E-state index contributed by atoms with van der Waals surface area (Å²) in [4.78, 5) is 39.5. The molecule has 1 aromatic heterocycles. The number of nitrogens with zero attached hydrogens (tertiary/aromatic N) is 2. The number of hydrogen-bond donors (Lipinski definition) is 1. The maximum absolute atomic E-state index is 14.4. The lowest BCUT2D eigenvalue weighted by Crippen LogP contribution is -2.40. The molecule has 1 N–H and O–H groups in total. The fraction of sp³-hybridized carbons (Fsp3) is 0.129. The summed E-state index contributed by atoms with van der Waals surface area (Å²) in [5.41, 5.74) is 1.78. The first-order valence-electron chi connectivity index (χ1n) is 12.4. The standard InChI is InChI=1S/C31H26FN3O4/c1-39-28-13-7-3-8-23(28)18-33-29(36)22-16-14-21(15-17-22)19-35-30(37)25-10-4-6-12-27(25)34(31(35)38)20-24-9-2-5-11-26(24)32/h2-17H,18-20H2,1H3,(H,33,36). The zero-order valence-electron chi connectivity index (χ0n) is 21.3. The Kier molecular flexibility index (Phi) is 7.36. The van der Waals surface area contributed by atoms with Gasteiger partial charge in [-0.3, -0.25) is 18.7 Å². The van der Waals surface area contributed by atoms with Crippen LogP contribution < -0.4 is 21.3 Å². The van der Waals surface area contributed by atoms with Crippen molar-refractivity contribution in [1.82, 2.24) is 14.5 Å². The third kappa shape index (κ3) is 5.36. The normalized spacial score (nSPS) is 10.9. The molecule has 0 aliphatic carbocycles. The van der Waals surface area contributed by atoms with Crippen LogP contribution in [0, 0.1) is 5.82 Å². The molecule has 8 heteroatoms. The molecular formula is C31H26FN3O4. The zero-order valence-corrected chi connectivity index (χ0v) is 21.3. The molecule has 0 atom stereocenters. The Morgan fingerprint density at radius 1 is 0.795 bits per heavy atom. The average Bonchev–Trinajstić information content (AvgIpc) is 2.97. The van der Waals surface area contributed by atoms with E-state index >= 15 is 0 Å². The molecule has 0 spiro atoms. The van der Waals surface area contributed by atoms with Crippen molar-refractivity contribution in [2.45, 2.75) is 19.6 Å². The van der Waals surface area contributed by atoms with E-state index in [9.17, 15) is 18.8 Å². The summed E-state index contributed by atoms with van der Waals surface area (Å²) in [6.45, 7) is 0.291. The number of fused-ring (bicyclic) bond motifs is 1. The molecule has 0 fully saturated rings. The Bertz CT molecular complexity index is 1770. The number of carbonyl (C=O) groups excluding carboxylic acids is 1. The number of benzene rings is 4. The molecule has 5 rings (SSSR count). The highest BCUT2D eigenvalue weighted by Crippen LogP contribution is 2.17. The average molecular weight is 524 g/mol. The number of carbonyl (C=O) groups is 1. The summed E-state index contributed by atoms with van der Waals surface area (Å²) < 4.78 is 22.3. The van der Waals surface area contributed by atoms with Crippen molar-refractivity contribution >= 4 is 16.8 Å². The van der Waals surface area contributed by atoms with Gasteiger partial charge in [0.05, 0.1) is 31.1 Å². The summed E-state index contributed by atoms with van der Waals surface area (Å²) in [7, 11) is 1.58. The molecule has 1 heterocycles. The second-order valence-corrected chi connectivity index (χ2v) is 9.06. The number of rotatable bonds is 8. The van der Waals surface area contributed by atoms with Gasteiger partial charge in [-0.15, -0.1) is 0 Å². The fourth-order valence-electron chi connectivity index (χ4n) is 4.53. The van der Waals surface area contributed by atoms with Gasteiger partial charge in [0, 0.05) is 23.2 Å². The summed E-state index contributed by atoms with van der Waals surface area (Å²) >= 11 is 0. The molecule has 0 saturated carbocycles. The number of para-hydroxylation sites is 2. The first kappa shape index (κ1) is 25.7. The Morgan fingerprint density at radius 3 is 2.21 bits per heavy atom. The third-order valence-corrected chi connectivity index (χ3v) is 6.61. The third-order valence-electron chi connectivity index (χ3n) is 6.61. The molecule has 0 aliphatic rings. The van der Waals surface area contributed by atoms with Crippen LogP contribution in [0.15, 0.2) is 107 Å². The van der Waals surface area contributed by atoms with Crippen LogP contribution in [0.3, 0.4) is 0 Å². The Balaban J connectivity index is 1.40. The van der Waals surface area contributed by atoms with Gasteiger partial charge in [0.15, 0.2) is 0 Å². The van der Waals surface area contributed by atoms with E-state index in [1.54, 1.807) is 73.8 Å². The van der Waals surface area contributed by atoms with Crippen molar-refractivity contribution < 1.29 is 13.9 Å². The lowest BCUT2D eigenvalue weighted by atomic mass is 10.1. The van der Waals surface area contributed by atoms with Gasteiger partial charge in [-0.25, -0.2) is 9.18 Å². The van der Waals surface area contributed by atoms with E-state index < -0.39 is 17.1 Å². The van der Waals surface area contributed by atoms with Crippen molar-refractivity contribution in [3.63, 3.8) is 0 Å². The minimum absolute atomic E-state index is 0.00286. The molecule has 0 radical (unpaired) electrons. The zero-order chi connectivity index (χ0) is 27.4. The number of hydrogen-bond acceptors (Lipinski definition) is 4. The number of methoxy groups -OCH3 is 1. The maximum Gasteiger partial charge on any atom is 0.332 e. The second kappa shape index (κ2) is 11.2.